The van der Waals surface area contributed by atoms with Crippen LogP contribution in [0.2, 0.25) is 0 Å². The van der Waals surface area contributed by atoms with Gasteiger partial charge in [0.15, 0.2) is 0 Å². The molecule has 5 heteroatoms. The van der Waals surface area contributed by atoms with Crippen molar-refractivity contribution in [3.63, 3.8) is 0 Å². The van der Waals surface area contributed by atoms with E-state index in [1.165, 1.54) is 0 Å². The lowest BCUT2D eigenvalue weighted by atomic mass is 10.1. The lowest BCUT2D eigenvalue weighted by Gasteiger charge is -2.31. The van der Waals surface area contributed by atoms with Crippen LogP contribution in [0.4, 0.5) is 0 Å². The van der Waals surface area contributed by atoms with Gasteiger partial charge in [-0.2, -0.15) is 0 Å². The molecule has 0 aliphatic carbocycles. The van der Waals surface area contributed by atoms with Crippen molar-refractivity contribution < 1.29 is 13.9 Å². The van der Waals surface area contributed by atoms with Gasteiger partial charge >= 0.3 is 0 Å². The molecule has 2 heterocycles. The van der Waals surface area contributed by atoms with Crippen LogP contribution >= 0.6 is 15.9 Å². The second kappa shape index (κ2) is 6.38. The first kappa shape index (κ1) is 13.6. The average molecular weight is 316 g/mol. The summed E-state index contributed by atoms with van der Waals surface area (Å²) in [5, 5.41) is 0.861. The number of carbonyl (C=O) groups is 1. The third-order valence-corrected chi connectivity index (χ3v) is 3.57. The molecule has 1 aliphatic heterocycles. The number of aryl methyl sites for hydroxylation is 1. The molecule has 0 bridgehead atoms. The second-order valence-electron chi connectivity index (χ2n) is 4.44. The molecule has 4 nitrogen and oxygen atoms in total. The quantitative estimate of drug-likeness (QED) is 0.802. The zero-order valence-electron chi connectivity index (χ0n) is 10.5. The van der Waals surface area contributed by atoms with E-state index >= 15 is 0 Å². The fourth-order valence-electron chi connectivity index (χ4n) is 2.21. The van der Waals surface area contributed by atoms with Crippen LogP contribution in [-0.4, -0.2) is 41.9 Å². The van der Waals surface area contributed by atoms with Gasteiger partial charge in [-0.25, -0.2) is 0 Å². The third-order valence-electron chi connectivity index (χ3n) is 3.25. The van der Waals surface area contributed by atoms with Gasteiger partial charge in [0.2, 0.25) is 0 Å². The highest BCUT2D eigenvalue weighted by molar-refractivity contribution is 9.09. The van der Waals surface area contributed by atoms with Gasteiger partial charge < -0.3 is 14.1 Å². The van der Waals surface area contributed by atoms with E-state index in [0.29, 0.717) is 11.3 Å². The van der Waals surface area contributed by atoms with E-state index in [9.17, 15) is 4.79 Å². The van der Waals surface area contributed by atoms with Crippen LogP contribution in [0.25, 0.3) is 0 Å². The molecule has 2 rings (SSSR count). The molecule has 0 aromatic carbocycles. The summed E-state index contributed by atoms with van der Waals surface area (Å²) >= 11 is 3.35. The first-order chi connectivity index (χ1) is 8.72. The summed E-state index contributed by atoms with van der Waals surface area (Å²) < 4.78 is 10.8. The van der Waals surface area contributed by atoms with Crippen molar-refractivity contribution in [3.05, 3.63) is 23.7 Å². The van der Waals surface area contributed by atoms with Crippen molar-refractivity contribution in [1.82, 2.24) is 4.90 Å². The molecule has 1 aliphatic rings. The molecule has 0 spiro atoms. The van der Waals surface area contributed by atoms with Gasteiger partial charge in [0, 0.05) is 18.4 Å². The number of furan rings is 1. The Morgan fingerprint density at radius 3 is 2.83 bits per heavy atom. The van der Waals surface area contributed by atoms with Gasteiger partial charge in [-0.1, -0.05) is 15.9 Å². The highest BCUT2D eigenvalue weighted by Gasteiger charge is 2.25. The Bertz CT molecular complexity index is 397. The third kappa shape index (κ3) is 3.14. The standard InChI is InChI=1S/C13H18BrNO3/c1-10-12(4-8-17-10)13(16)15-6-2-11(3-7-15)18-9-5-14/h4,8,11H,2-3,5-7,9H2,1H3. The van der Waals surface area contributed by atoms with E-state index in [2.05, 4.69) is 15.9 Å². The van der Waals surface area contributed by atoms with Gasteiger partial charge in [-0.15, -0.1) is 0 Å². The number of nitrogens with zero attached hydrogens (tertiary/aromatic N) is 1. The maximum atomic E-state index is 12.2. The first-order valence-corrected chi connectivity index (χ1v) is 7.35. The fraction of sp³-hybridized carbons (Fsp3) is 0.615. The Hall–Kier alpha value is -0.810. The van der Waals surface area contributed by atoms with Crippen LogP contribution in [0.3, 0.4) is 0 Å². The molecular formula is C13H18BrNO3. The Balaban J connectivity index is 1.86. The van der Waals surface area contributed by atoms with Crippen molar-refractivity contribution >= 4 is 21.8 Å². The summed E-state index contributed by atoms with van der Waals surface area (Å²) in [6.07, 6.45) is 3.68. The summed E-state index contributed by atoms with van der Waals surface area (Å²) in [5.41, 5.74) is 0.676. The fourth-order valence-corrected chi connectivity index (χ4v) is 2.40. The number of hydrogen-bond acceptors (Lipinski definition) is 3. The Morgan fingerprint density at radius 1 is 1.56 bits per heavy atom. The second-order valence-corrected chi connectivity index (χ2v) is 5.23. The highest BCUT2D eigenvalue weighted by Crippen LogP contribution is 2.18. The molecule has 1 aromatic rings. The van der Waals surface area contributed by atoms with Crippen LogP contribution < -0.4 is 0 Å². The van der Waals surface area contributed by atoms with E-state index < -0.39 is 0 Å². The van der Waals surface area contributed by atoms with Gasteiger partial charge in [0.25, 0.3) is 5.91 Å². The number of carbonyl (C=O) groups excluding carboxylic acids is 1. The zero-order valence-corrected chi connectivity index (χ0v) is 12.1. The minimum atomic E-state index is 0.0696. The molecule has 0 N–H and O–H groups in total. The summed E-state index contributed by atoms with van der Waals surface area (Å²) in [6, 6.07) is 1.74. The van der Waals surface area contributed by atoms with Gasteiger partial charge in [-0.3, -0.25) is 4.79 Å². The average Bonchev–Trinajstić information content (AvgIpc) is 2.82. The predicted octanol–water partition coefficient (Wildman–Crippen LogP) is 2.60. The van der Waals surface area contributed by atoms with E-state index in [-0.39, 0.29) is 12.0 Å². The molecule has 18 heavy (non-hydrogen) atoms. The molecule has 0 radical (unpaired) electrons. The van der Waals surface area contributed by atoms with Crippen LogP contribution in [0.1, 0.15) is 29.0 Å². The van der Waals surface area contributed by atoms with Crippen LogP contribution in [0.15, 0.2) is 16.7 Å². The van der Waals surface area contributed by atoms with Crippen LogP contribution in [0.5, 0.6) is 0 Å². The molecule has 0 atom stereocenters. The number of alkyl halides is 1. The van der Waals surface area contributed by atoms with E-state index in [4.69, 9.17) is 9.15 Å². The number of likely N-dealkylation sites (tertiary alicyclic amines) is 1. The lowest BCUT2D eigenvalue weighted by molar-refractivity contribution is 0.0159. The van der Waals surface area contributed by atoms with E-state index in [1.54, 1.807) is 12.3 Å². The maximum absolute atomic E-state index is 12.2. The normalized spacial score (nSPS) is 17.1. The summed E-state index contributed by atoms with van der Waals surface area (Å²) in [5.74, 6) is 0.762. The predicted molar refractivity (Wildman–Crippen MR) is 72.1 cm³/mol. The van der Waals surface area contributed by atoms with Gasteiger partial charge in [0.1, 0.15) is 5.76 Å². The molecule has 1 amide bonds. The molecule has 0 saturated carbocycles. The number of hydrogen-bond donors (Lipinski definition) is 0. The minimum absolute atomic E-state index is 0.0696. The van der Waals surface area contributed by atoms with Crippen LogP contribution in [0, 0.1) is 6.92 Å². The van der Waals surface area contributed by atoms with Crippen molar-refractivity contribution in [3.8, 4) is 0 Å². The van der Waals surface area contributed by atoms with Crippen molar-refractivity contribution in [2.24, 2.45) is 0 Å². The summed E-state index contributed by atoms with van der Waals surface area (Å²) in [6.45, 7) is 4.07. The molecule has 1 fully saturated rings. The monoisotopic (exact) mass is 315 g/mol. The first-order valence-electron chi connectivity index (χ1n) is 6.23. The molecule has 1 aromatic heterocycles. The number of amides is 1. The summed E-state index contributed by atoms with van der Waals surface area (Å²) in [4.78, 5) is 14.1. The minimum Gasteiger partial charge on any atom is -0.469 e. The highest BCUT2D eigenvalue weighted by atomic mass is 79.9. The smallest absolute Gasteiger partial charge is 0.257 e. The Kier molecular flexibility index (Phi) is 4.83. The van der Waals surface area contributed by atoms with Gasteiger partial charge in [0.05, 0.1) is 24.5 Å². The molecule has 100 valence electrons. The van der Waals surface area contributed by atoms with Gasteiger partial charge in [-0.05, 0) is 25.8 Å². The number of ether oxygens (including phenoxy) is 1. The topological polar surface area (TPSA) is 42.7 Å². The van der Waals surface area contributed by atoms with E-state index in [1.807, 2.05) is 11.8 Å². The number of rotatable bonds is 4. The summed E-state index contributed by atoms with van der Waals surface area (Å²) in [7, 11) is 0. The molecule has 0 unspecified atom stereocenters. The lowest BCUT2D eigenvalue weighted by Crippen LogP contribution is -2.41. The van der Waals surface area contributed by atoms with Crippen molar-refractivity contribution in [1.29, 1.82) is 0 Å². The zero-order chi connectivity index (χ0) is 13.0. The SMILES string of the molecule is Cc1occc1C(=O)N1CCC(OCCBr)CC1. The van der Waals surface area contributed by atoms with Crippen molar-refractivity contribution in [2.75, 3.05) is 25.0 Å². The van der Waals surface area contributed by atoms with Crippen molar-refractivity contribution in [2.45, 2.75) is 25.9 Å². The molecular weight excluding hydrogens is 298 g/mol. The maximum Gasteiger partial charge on any atom is 0.257 e. The number of piperidine rings is 1. The Morgan fingerprint density at radius 2 is 2.28 bits per heavy atom. The largest absolute Gasteiger partial charge is 0.469 e. The van der Waals surface area contributed by atoms with Crippen LogP contribution in [-0.2, 0) is 4.74 Å². The number of halogens is 1. The Labute approximate surface area is 115 Å². The van der Waals surface area contributed by atoms with E-state index in [0.717, 1.165) is 37.9 Å². The molecule has 1 saturated heterocycles.